The van der Waals surface area contributed by atoms with Crippen molar-refractivity contribution in [3.05, 3.63) is 23.8 Å². The summed E-state index contributed by atoms with van der Waals surface area (Å²) in [5.41, 5.74) is 0.831. The Labute approximate surface area is 161 Å². The number of carbonyl (C=O) groups is 2. The van der Waals surface area contributed by atoms with Gasteiger partial charge in [-0.1, -0.05) is 25.5 Å². The highest BCUT2D eigenvalue weighted by atomic mass is 16.7. The van der Waals surface area contributed by atoms with E-state index in [2.05, 4.69) is 20.8 Å². The fourth-order valence-electron chi connectivity index (χ4n) is 7.62. The van der Waals surface area contributed by atoms with E-state index < -0.39 is 5.79 Å². The van der Waals surface area contributed by atoms with Crippen molar-refractivity contribution in [3.8, 4) is 0 Å². The van der Waals surface area contributed by atoms with E-state index in [-0.39, 0.29) is 28.4 Å². The van der Waals surface area contributed by atoms with Gasteiger partial charge in [-0.3, -0.25) is 9.59 Å². The number of carbonyl (C=O) groups excluding carboxylic acids is 2. The van der Waals surface area contributed by atoms with E-state index in [0.717, 1.165) is 31.3 Å². The number of hydrogen-bond acceptors (Lipinski definition) is 4. The standard InChI is InChI=1S/C23H30O4/c1-21-9-8-15(24)12-14(21)4-5-16-17-6-7-19(23(3)26-10-11-27-23)22(17,2)13-18(25)20(16)21/h8-9,12,16-17,19-20H,4-7,10-11,13H2,1-3H3/t16-,17-,19-,20+,21-,22-/m0/s1. The number of allylic oxidation sites excluding steroid dienone is 4. The van der Waals surface area contributed by atoms with E-state index >= 15 is 0 Å². The fourth-order valence-corrected chi connectivity index (χ4v) is 7.62. The second-order valence-corrected chi connectivity index (χ2v) is 9.97. The van der Waals surface area contributed by atoms with Crippen molar-refractivity contribution in [2.75, 3.05) is 13.2 Å². The molecule has 0 aromatic rings. The number of fused-ring (bicyclic) bond motifs is 5. The van der Waals surface area contributed by atoms with Crippen LogP contribution in [0.15, 0.2) is 23.8 Å². The summed E-state index contributed by atoms with van der Waals surface area (Å²) in [7, 11) is 0. The quantitative estimate of drug-likeness (QED) is 0.703. The molecule has 4 nitrogen and oxygen atoms in total. The van der Waals surface area contributed by atoms with Gasteiger partial charge in [-0.05, 0) is 62.0 Å². The Bertz CT molecular complexity index is 758. The van der Waals surface area contributed by atoms with Gasteiger partial charge in [0, 0.05) is 23.7 Å². The lowest BCUT2D eigenvalue weighted by Crippen LogP contribution is -2.56. The molecule has 1 aliphatic heterocycles. The zero-order chi connectivity index (χ0) is 19.0. The third kappa shape index (κ3) is 2.29. The summed E-state index contributed by atoms with van der Waals surface area (Å²) < 4.78 is 12.1. The van der Waals surface area contributed by atoms with Gasteiger partial charge in [0.05, 0.1) is 13.2 Å². The molecule has 0 spiro atoms. The molecule has 0 unspecified atom stereocenters. The average Bonchev–Trinajstić information content (AvgIpc) is 3.19. The van der Waals surface area contributed by atoms with Gasteiger partial charge in [-0.2, -0.15) is 0 Å². The minimum absolute atomic E-state index is 0.0110. The van der Waals surface area contributed by atoms with E-state index in [9.17, 15) is 9.59 Å². The molecule has 0 amide bonds. The van der Waals surface area contributed by atoms with Crippen LogP contribution in [0.2, 0.25) is 0 Å². The molecule has 0 aromatic carbocycles. The molecule has 5 aliphatic rings. The summed E-state index contributed by atoms with van der Waals surface area (Å²) in [6.07, 6.45) is 10.3. The lowest BCUT2D eigenvalue weighted by molar-refractivity contribution is -0.212. The van der Waals surface area contributed by atoms with E-state index in [4.69, 9.17) is 9.47 Å². The molecule has 4 aliphatic carbocycles. The topological polar surface area (TPSA) is 52.6 Å². The number of ketones is 2. The molecular weight excluding hydrogens is 340 g/mol. The van der Waals surface area contributed by atoms with E-state index in [0.29, 0.717) is 37.3 Å². The molecule has 27 heavy (non-hydrogen) atoms. The van der Waals surface area contributed by atoms with Gasteiger partial charge >= 0.3 is 0 Å². The van der Waals surface area contributed by atoms with Crippen LogP contribution in [-0.4, -0.2) is 30.6 Å². The monoisotopic (exact) mass is 370 g/mol. The van der Waals surface area contributed by atoms with Gasteiger partial charge in [-0.15, -0.1) is 0 Å². The first-order chi connectivity index (χ1) is 12.8. The maximum absolute atomic E-state index is 13.6. The maximum Gasteiger partial charge on any atom is 0.178 e. The SMILES string of the molecule is CC1([C@H]2CC[C@H]3[C@@H]4CCC5=CC(=O)C=C[C@]5(C)[C@H]4C(=O)C[C@]23C)OCCO1. The van der Waals surface area contributed by atoms with Gasteiger partial charge in [0.2, 0.25) is 0 Å². The first-order valence-corrected chi connectivity index (χ1v) is 10.5. The van der Waals surface area contributed by atoms with Gasteiger partial charge in [0.25, 0.3) is 0 Å². The Morgan fingerprint density at radius 3 is 2.52 bits per heavy atom. The zero-order valence-electron chi connectivity index (χ0n) is 16.6. The molecule has 146 valence electrons. The van der Waals surface area contributed by atoms with E-state index in [1.165, 1.54) is 0 Å². The summed E-state index contributed by atoms with van der Waals surface area (Å²) in [5.74, 6) is 1.10. The van der Waals surface area contributed by atoms with Crippen LogP contribution in [0.3, 0.4) is 0 Å². The van der Waals surface area contributed by atoms with Crippen molar-refractivity contribution in [1.29, 1.82) is 0 Å². The molecule has 6 atom stereocenters. The maximum atomic E-state index is 13.6. The van der Waals surface area contributed by atoms with Crippen molar-refractivity contribution in [3.63, 3.8) is 0 Å². The molecule has 5 rings (SSSR count). The second kappa shape index (κ2) is 5.64. The molecule has 3 saturated carbocycles. The molecule has 4 heteroatoms. The Kier molecular flexibility index (Phi) is 3.72. The van der Waals surface area contributed by atoms with Crippen LogP contribution in [-0.2, 0) is 19.1 Å². The Balaban J connectivity index is 1.52. The highest BCUT2D eigenvalue weighted by molar-refractivity contribution is 6.01. The van der Waals surface area contributed by atoms with Crippen molar-refractivity contribution < 1.29 is 19.1 Å². The highest BCUT2D eigenvalue weighted by Crippen LogP contribution is 2.66. The summed E-state index contributed by atoms with van der Waals surface area (Å²) in [6.45, 7) is 7.87. The predicted octanol–water partition coefficient (Wildman–Crippen LogP) is 3.85. The van der Waals surface area contributed by atoms with Gasteiger partial charge in [0.15, 0.2) is 11.6 Å². The average molecular weight is 370 g/mol. The molecule has 0 N–H and O–H groups in total. The van der Waals surface area contributed by atoms with Crippen LogP contribution in [0.1, 0.15) is 52.9 Å². The van der Waals surface area contributed by atoms with Crippen LogP contribution >= 0.6 is 0 Å². The molecule has 0 aromatic heterocycles. The van der Waals surface area contributed by atoms with Crippen molar-refractivity contribution >= 4 is 11.6 Å². The molecule has 4 fully saturated rings. The van der Waals surface area contributed by atoms with Crippen LogP contribution in [0.4, 0.5) is 0 Å². The molecule has 0 bridgehead atoms. The summed E-state index contributed by atoms with van der Waals surface area (Å²) in [5, 5.41) is 0. The molecule has 1 saturated heterocycles. The largest absolute Gasteiger partial charge is 0.348 e. The van der Waals surface area contributed by atoms with Crippen molar-refractivity contribution in [2.45, 2.75) is 58.7 Å². The van der Waals surface area contributed by atoms with Crippen LogP contribution in [0.5, 0.6) is 0 Å². The Morgan fingerprint density at radius 1 is 1.04 bits per heavy atom. The summed E-state index contributed by atoms with van der Waals surface area (Å²) in [6, 6.07) is 0. The van der Waals surface area contributed by atoms with Crippen LogP contribution in [0.25, 0.3) is 0 Å². The lowest BCUT2D eigenvalue weighted by atomic mass is 9.47. The Morgan fingerprint density at radius 2 is 1.78 bits per heavy atom. The summed E-state index contributed by atoms with van der Waals surface area (Å²) >= 11 is 0. The highest BCUT2D eigenvalue weighted by Gasteiger charge is 2.65. The number of ether oxygens (including phenoxy) is 2. The van der Waals surface area contributed by atoms with Crippen LogP contribution < -0.4 is 0 Å². The number of Topliss-reactive ketones (excluding diaryl/α,β-unsaturated/α-hetero) is 1. The Hall–Kier alpha value is -1.26. The zero-order valence-corrected chi connectivity index (χ0v) is 16.6. The molecule has 0 radical (unpaired) electrons. The van der Waals surface area contributed by atoms with E-state index in [1.54, 1.807) is 12.2 Å². The molecule has 1 heterocycles. The normalized spacial score (nSPS) is 48.0. The van der Waals surface area contributed by atoms with Crippen molar-refractivity contribution in [2.24, 2.45) is 34.5 Å². The third-order valence-corrected chi connectivity index (χ3v) is 8.75. The second-order valence-electron chi connectivity index (χ2n) is 9.97. The van der Waals surface area contributed by atoms with Gasteiger partial charge in [0.1, 0.15) is 5.78 Å². The van der Waals surface area contributed by atoms with Gasteiger partial charge < -0.3 is 9.47 Å². The third-order valence-electron chi connectivity index (χ3n) is 8.75. The molecular formula is C23H30O4. The van der Waals surface area contributed by atoms with Crippen molar-refractivity contribution in [1.82, 2.24) is 0 Å². The first kappa shape index (κ1) is 17.8. The minimum Gasteiger partial charge on any atom is -0.348 e. The summed E-state index contributed by atoms with van der Waals surface area (Å²) in [4.78, 5) is 25.4. The first-order valence-electron chi connectivity index (χ1n) is 10.5. The number of rotatable bonds is 1. The lowest BCUT2D eigenvalue weighted by Gasteiger charge is -2.56. The minimum atomic E-state index is -0.544. The van der Waals surface area contributed by atoms with E-state index in [1.807, 2.05) is 6.08 Å². The smallest absolute Gasteiger partial charge is 0.178 e. The van der Waals surface area contributed by atoms with Gasteiger partial charge in [-0.25, -0.2) is 0 Å². The van der Waals surface area contributed by atoms with Crippen LogP contribution in [0, 0.1) is 34.5 Å². The fraction of sp³-hybridized carbons (Fsp3) is 0.739. The predicted molar refractivity (Wildman–Crippen MR) is 101 cm³/mol. The number of hydrogen-bond donors (Lipinski definition) is 0.